The number of carbonyl (C=O) groups excluding carboxylic acids is 4. The van der Waals surface area contributed by atoms with Crippen LogP contribution in [0, 0.1) is 25.7 Å². The second kappa shape index (κ2) is 11.8. The number of benzene rings is 1. The van der Waals surface area contributed by atoms with Crippen molar-refractivity contribution in [2.45, 2.75) is 85.5 Å². The SMILES string of the molecule is COC(=O)CNC(=O)C(c1ccc(C)c(C)c1)N(C(=O)C(NC(=O)OC(C)(C)C)C(C)C)C1CC1C. The minimum absolute atomic E-state index is 0.185. The maximum atomic E-state index is 14.1. The van der Waals surface area contributed by atoms with E-state index in [1.165, 1.54) is 7.11 Å². The molecule has 1 aliphatic carbocycles. The Balaban J connectivity index is 2.50. The van der Waals surface area contributed by atoms with Crippen LogP contribution in [0.4, 0.5) is 4.79 Å². The molecule has 0 bridgehead atoms. The van der Waals surface area contributed by atoms with Crippen molar-refractivity contribution in [3.8, 4) is 0 Å². The summed E-state index contributed by atoms with van der Waals surface area (Å²) in [4.78, 5) is 53.5. The maximum Gasteiger partial charge on any atom is 0.408 e. The molecule has 1 aliphatic rings. The van der Waals surface area contributed by atoms with Crippen LogP contribution in [0.15, 0.2) is 18.2 Å². The molecule has 3 amide bonds. The van der Waals surface area contributed by atoms with Crippen LogP contribution in [0.25, 0.3) is 0 Å². The highest BCUT2D eigenvalue weighted by atomic mass is 16.6. The lowest BCUT2D eigenvalue weighted by Crippen LogP contribution is -2.56. The Hall–Kier alpha value is -3.10. The molecular weight excluding hydrogens is 462 g/mol. The molecule has 0 aliphatic heterocycles. The molecule has 0 spiro atoms. The summed E-state index contributed by atoms with van der Waals surface area (Å²) in [7, 11) is 1.24. The van der Waals surface area contributed by atoms with E-state index in [9.17, 15) is 19.2 Å². The van der Waals surface area contributed by atoms with E-state index < -0.39 is 35.7 Å². The van der Waals surface area contributed by atoms with Gasteiger partial charge in [-0.05, 0) is 69.6 Å². The van der Waals surface area contributed by atoms with E-state index in [4.69, 9.17) is 4.74 Å². The predicted octanol–water partition coefficient (Wildman–Crippen LogP) is 3.42. The molecule has 2 rings (SSSR count). The zero-order valence-electron chi connectivity index (χ0n) is 22.9. The summed E-state index contributed by atoms with van der Waals surface area (Å²) in [6, 6.07) is 3.53. The summed E-state index contributed by atoms with van der Waals surface area (Å²) in [5.41, 5.74) is 1.93. The zero-order valence-corrected chi connectivity index (χ0v) is 22.9. The Morgan fingerprint density at radius 2 is 1.72 bits per heavy atom. The third kappa shape index (κ3) is 7.70. The van der Waals surface area contributed by atoms with Crippen LogP contribution in [0.2, 0.25) is 0 Å². The topological polar surface area (TPSA) is 114 Å². The molecule has 1 fully saturated rings. The first kappa shape index (κ1) is 29.1. The standard InChI is InChI=1S/C27H41N3O6/c1-15(2)22(29-26(34)36-27(6,7)8)25(33)30(20-13-18(20)5)23(24(32)28-14-21(31)35-9)19-11-10-16(3)17(4)12-19/h10-12,15,18,20,22-23H,13-14H2,1-9H3,(H,28,32)(H,29,34). The summed E-state index contributed by atoms with van der Waals surface area (Å²) in [6.07, 6.45) is 0.0328. The normalized spacial score (nSPS) is 18.6. The van der Waals surface area contributed by atoms with Crippen molar-refractivity contribution < 1.29 is 28.7 Å². The fourth-order valence-corrected chi connectivity index (χ4v) is 3.98. The monoisotopic (exact) mass is 503 g/mol. The van der Waals surface area contributed by atoms with Gasteiger partial charge in [0.25, 0.3) is 0 Å². The second-order valence-electron chi connectivity index (χ2n) is 10.9. The molecule has 4 atom stereocenters. The van der Waals surface area contributed by atoms with Gasteiger partial charge < -0.3 is 25.0 Å². The molecule has 1 aromatic rings. The number of rotatable bonds is 9. The Bertz CT molecular complexity index is 984. The molecule has 2 N–H and O–H groups in total. The highest BCUT2D eigenvalue weighted by molar-refractivity contribution is 5.93. The third-order valence-electron chi connectivity index (χ3n) is 6.29. The summed E-state index contributed by atoms with van der Waals surface area (Å²) in [5, 5.41) is 5.34. The number of nitrogens with one attached hydrogen (secondary N) is 2. The molecule has 36 heavy (non-hydrogen) atoms. The van der Waals surface area contributed by atoms with Gasteiger partial charge in [0.2, 0.25) is 11.8 Å². The molecule has 1 saturated carbocycles. The lowest BCUT2D eigenvalue weighted by Gasteiger charge is -2.36. The number of esters is 1. The maximum absolute atomic E-state index is 14.1. The molecule has 200 valence electrons. The van der Waals surface area contributed by atoms with Gasteiger partial charge in [-0.1, -0.05) is 39.0 Å². The average Bonchev–Trinajstić information content (AvgIpc) is 3.49. The second-order valence-corrected chi connectivity index (χ2v) is 10.9. The van der Waals surface area contributed by atoms with Crippen LogP contribution in [0.1, 0.15) is 70.7 Å². The minimum atomic E-state index is -0.988. The zero-order chi connectivity index (χ0) is 27.4. The molecule has 4 unspecified atom stereocenters. The number of alkyl carbamates (subject to hydrolysis) is 1. The van der Waals surface area contributed by atoms with E-state index in [0.717, 1.165) is 17.5 Å². The van der Waals surface area contributed by atoms with Crippen molar-refractivity contribution >= 4 is 23.9 Å². The van der Waals surface area contributed by atoms with E-state index in [1.54, 1.807) is 25.7 Å². The smallest absolute Gasteiger partial charge is 0.408 e. The third-order valence-corrected chi connectivity index (χ3v) is 6.29. The number of hydrogen-bond donors (Lipinski definition) is 2. The summed E-state index contributed by atoms with van der Waals surface area (Å²) >= 11 is 0. The Labute approximate surface area is 214 Å². The molecule has 0 saturated heterocycles. The largest absolute Gasteiger partial charge is 0.468 e. The van der Waals surface area contributed by atoms with Gasteiger partial charge in [0.1, 0.15) is 24.2 Å². The Morgan fingerprint density at radius 3 is 2.19 bits per heavy atom. The summed E-state index contributed by atoms with van der Waals surface area (Å²) in [6.45, 7) is 14.5. The van der Waals surface area contributed by atoms with E-state index in [2.05, 4.69) is 15.4 Å². The summed E-state index contributed by atoms with van der Waals surface area (Å²) < 4.78 is 10.1. The van der Waals surface area contributed by atoms with Gasteiger partial charge in [-0.2, -0.15) is 0 Å². The quantitative estimate of drug-likeness (QED) is 0.499. The number of ether oxygens (including phenoxy) is 2. The van der Waals surface area contributed by atoms with E-state index in [0.29, 0.717) is 5.56 Å². The van der Waals surface area contributed by atoms with Gasteiger partial charge in [0.15, 0.2) is 0 Å². The molecule has 9 nitrogen and oxygen atoms in total. The molecule has 9 heteroatoms. The van der Waals surface area contributed by atoms with Crippen molar-refractivity contribution in [2.24, 2.45) is 11.8 Å². The molecule has 0 radical (unpaired) electrons. The minimum Gasteiger partial charge on any atom is -0.468 e. The van der Waals surface area contributed by atoms with Crippen LogP contribution >= 0.6 is 0 Å². The van der Waals surface area contributed by atoms with Crippen molar-refractivity contribution in [2.75, 3.05) is 13.7 Å². The number of nitrogens with zero attached hydrogens (tertiary/aromatic N) is 1. The van der Waals surface area contributed by atoms with Gasteiger partial charge >= 0.3 is 12.1 Å². The van der Waals surface area contributed by atoms with E-state index >= 15 is 0 Å². The highest BCUT2D eigenvalue weighted by Gasteiger charge is 2.48. The number of aryl methyl sites for hydroxylation is 2. The average molecular weight is 504 g/mol. The van der Waals surface area contributed by atoms with Crippen molar-refractivity contribution in [3.05, 3.63) is 34.9 Å². The van der Waals surface area contributed by atoms with Crippen LogP contribution in [0.3, 0.4) is 0 Å². The first-order valence-electron chi connectivity index (χ1n) is 12.4. The van der Waals surface area contributed by atoms with Crippen LogP contribution in [-0.4, -0.2) is 60.1 Å². The predicted molar refractivity (Wildman–Crippen MR) is 136 cm³/mol. The first-order valence-corrected chi connectivity index (χ1v) is 12.4. The molecule has 1 aromatic carbocycles. The van der Waals surface area contributed by atoms with E-state index in [-0.39, 0.29) is 30.3 Å². The van der Waals surface area contributed by atoms with Crippen LogP contribution in [0.5, 0.6) is 0 Å². The highest BCUT2D eigenvalue weighted by Crippen LogP contribution is 2.41. The fourth-order valence-electron chi connectivity index (χ4n) is 3.98. The molecule has 0 heterocycles. The lowest BCUT2D eigenvalue weighted by molar-refractivity contribution is -0.146. The molecule has 0 aromatic heterocycles. The van der Waals surface area contributed by atoms with Gasteiger partial charge in [0.05, 0.1) is 7.11 Å². The fraction of sp³-hybridized carbons (Fsp3) is 0.630. The number of carbonyl (C=O) groups is 4. The number of methoxy groups -OCH3 is 1. The van der Waals surface area contributed by atoms with Crippen molar-refractivity contribution in [1.29, 1.82) is 0 Å². The van der Waals surface area contributed by atoms with Crippen molar-refractivity contribution in [1.82, 2.24) is 15.5 Å². The van der Waals surface area contributed by atoms with Gasteiger partial charge in [0, 0.05) is 6.04 Å². The van der Waals surface area contributed by atoms with Gasteiger partial charge in [-0.3, -0.25) is 14.4 Å². The van der Waals surface area contributed by atoms with Crippen molar-refractivity contribution in [3.63, 3.8) is 0 Å². The van der Waals surface area contributed by atoms with Crippen LogP contribution in [-0.2, 0) is 23.9 Å². The summed E-state index contributed by atoms with van der Waals surface area (Å²) in [5.74, 6) is -1.53. The molecular formula is C27H41N3O6. The van der Waals surface area contributed by atoms with E-state index in [1.807, 2.05) is 52.8 Å². The number of amides is 3. The number of hydrogen-bond acceptors (Lipinski definition) is 6. The van der Waals surface area contributed by atoms with Gasteiger partial charge in [-0.25, -0.2) is 4.79 Å². The van der Waals surface area contributed by atoms with Crippen LogP contribution < -0.4 is 10.6 Å². The Morgan fingerprint density at radius 1 is 1.11 bits per heavy atom. The van der Waals surface area contributed by atoms with Gasteiger partial charge in [-0.15, -0.1) is 0 Å². The lowest BCUT2D eigenvalue weighted by atomic mass is 9.96. The Kier molecular flexibility index (Phi) is 9.51. The first-order chi connectivity index (χ1) is 16.7.